The van der Waals surface area contributed by atoms with Gasteiger partial charge < -0.3 is 4.89 Å². The zero-order valence-corrected chi connectivity index (χ0v) is 14.2. The standard InChI is InChI=1S/C19H17OP2/c1-21(20)18-14-8-9-15-19(18)22(16-10-4-2-5-11-16)17-12-6-3-7-13-17/h2-15H,1H3/q-1. The molecule has 1 nitrogen and oxygen atoms in total. The first-order valence-corrected chi connectivity index (χ1v) is 10.2. The summed E-state index contributed by atoms with van der Waals surface area (Å²) in [4.78, 5) is 12.2. The highest BCUT2D eigenvalue weighted by Gasteiger charge is 2.18. The molecule has 110 valence electrons. The molecule has 0 saturated heterocycles. The van der Waals surface area contributed by atoms with Crippen molar-refractivity contribution in [2.45, 2.75) is 0 Å². The highest BCUT2D eigenvalue weighted by molar-refractivity contribution is 7.81. The SMILES string of the molecule is CP([O-])c1ccccc1P(c1ccccc1)c1ccccc1. The Morgan fingerprint density at radius 2 is 1.00 bits per heavy atom. The molecule has 0 N–H and O–H groups in total. The van der Waals surface area contributed by atoms with Crippen molar-refractivity contribution in [3.63, 3.8) is 0 Å². The molecule has 0 bridgehead atoms. The molecular formula is C19H17OP2-. The minimum Gasteiger partial charge on any atom is -0.826 e. The lowest BCUT2D eigenvalue weighted by molar-refractivity contribution is -0.154. The van der Waals surface area contributed by atoms with Crippen molar-refractivity contribution in [2.24, 2.45) is 0 Å². The number of rotatable bonds is 4. The fraction of sp³-hybridized carbons (Fsp3) is 0.0526. The molecule has 22 heavy (non-hydrogen) atoms. The fourth-order valence-electron chi connectivity index (χ4n) is 2.50. The molecule has 0 radical (unpaired) electrons. The van der Waals surface area contributed by atoms with Crippen LogP contribution in [0.1, 0.15) is 0 Å². The van der Waals surface area contributed by atoms with E-state index >= 15 is 0 Å². The molecule has 0 saturated carbocycles. The molecule has 0 aliphatic rings. The lowest BCUT2D eigenvalue weighted by atomic mass is 10.3. The van der Waals surface area contributed by atoms with Gasteiger partial charge in [-0.25, -0.2) is 0 Å². The van der Waals surface area contributed by atoms with Crippen molar-refractivity contribution in [3.8, 4) is 0 Å². The van der Waals surface area contributed by atoms with E-state index in [4.69, 9.17) is 0 Å². The Kier molecular flexibility index (Phi) is 5.01. The summed E-state index contributed by atoms with van der Waals surface area (Å²) >= 11 is 0. The predicted molar refractivity (Wildman–Crippen MR) is 97.6 cm³/mol. The predicted octanol–water partition coefficient (Wildman–Crippen LogP) is 2.46. The molecule has 0 fully saturated rings. The van der Waals surface area contributed by atoms with E-state index in [2.05, 4.69) is 54.6 Å². The third-order valence-corrected chi connectivity index (χ3v) is 7.24. The van der Waals surface area contributed by atoms with Crippen LogP contribution >= 0.6 is 16.1 Å². The summed E-state index contributed by atoms with van der Waals surface area (Å²) in [6.45, 7) is 1.79. The maximum absolute atomic E-state index is 12.2. The van der Waals surface area contributed by atoms with Crippen LogP contribution in [0.3, 0.4) is 0 Å². The van der Waals surface area contributed by atoms with Gasteiger partial charge in [-0.3, -0.25) is 0 Å². The largest absolute Gasteiger partial charge is 0.826 e. The van der Waals surface area contributed by atoms with Crippen molar-refractivity contribution >= 4 is 37.3 Å². The van der Waals surface area contributed by atoms with Crippen LogP contribution in [0.4, 0.5) is 0 Å². The summed E-state index contributed by atoms with van der Waals surface area (Å²) in [5, 5.41) is 4.73. The molecule has 0 aliphatic carbocycles. The summed E-state index contributed by atoms with van der Waals surface area (Å²) in [5.41, 5.74) is 0. The van der Waals surface area contributed by atoms with Gasteiger partial charge in [-0.15, -0.1) is 0 Å². The van der Waals surface area contributed by atoms with Crippen LogP contribution in [-0.2, 0) is 0 Å². The molecule has 0 amide bonds. The Balaban J connectivity index is 2.19. The van der Waals surface area contributed by atoms with Gasteiger partial charge in [-0.2, -0.15) is 8.15 Å². The van der Waals surface area contributed by atoms with Crippen molar-refractivity contribution in [3.05, 3.63) is 84.9 Å². The topological polar surface area (TPSA) is 23.1 Å². The second kappa shape index (κ2) is 7.16. The zero-order chi connectivity index (χ0) is 15.4. The van der Waals surface area contributed by atoms with Gasteiger partial charge in [0.15, 0.2) is 0 Å². The lowest BCUT2D eigenvalue weighted by Crippen LogP contribution is -2.31. The normalized spacial score (nSPS) is 12.3. The van der Waals surface area contributed by atoms with E-state index in [9.17, 15) is 4.89 Å². The van der Waals surface area contributed by atoms with Crippen molar-refractivity contribution in [1.82, 2.24) is 0 Å². The summed E-state index contributed by atoms with van der Waals surface area (Å²) in [7, 11) is -2.05. The highest BCUT2D eigenvalue weighted by atomic mass is 31.1. The van der Waals surface area contributed by atoms with Gasteiger partial charge >= 0.3 is 0 Å². The maximum atomic E-state index is 12.2. The van der Waals surface area contributed by atoms with Crippen LogP contribution in [0.5, 0.6) is 0 Å². The van der Waals surface area contributed by atoms with Gasteiger partial charge in [0.05, 0.1) is 0 Å². The van der Waals surface area contributed by atoms with Crippen LogP contribution < -0.4 is 26.1 Å². The summed E-state index contributed by atoms with van der Waals surface area (Å²) in [5.74, 6) is 0. The van der Waals surface area contributed by atoms with Gasteiger partial charge in [0.25, 0.3) is 0 Å². The van der Waals surface area contributed by atoms with Crippen molar-refractivity contribution in [1.29, 1.82) is 0 Å². The lowest BCUT2D eigenvalue weighted by Gasteiger charge is -2.27. The molecule has 3 heteroatoms. The van der Waals surface area contributed by atoms with Crippen molar-refractivity contribution in [2.75, 3.05) is 6.66 Å². The number of benzene rings is 3. The maximum Gasteiger partial charge on any atom is -0.00868 e. The fourth-order valence-corrected chi connectivity index (χ4v) is 6.25. The summed E-state index contributed by atoms with van der Waals surface area (Å²) in [6, 6.07) is 29.1. The third-order valence-electron chi connectivity index (χ3n) is 3.49. The molecule has 3 rings (SSSR count). The van der Waals surface area contributed by atoms with Gasteiger partial charge in [-0.05, 0) is 29.1 Å². The Labute approximate surface area is 134 Å². The highest BCUT2D eigenvalue weighted by Crippen LogP contribution is 2.34. The average molecular weight is 323 g/mol. The van der Waals surface area contributed by atoms with E-state index in [0.717, 1.165) is 5.30 Å². The zero-order valence-electron chi connectivity index (χ0n) is 12.4. The average Bonchev–Trinajstić information content (AvgIpc) is 2.57. The van der Waals surface area contributed by atoms with Gasteiger partial charge in [-0.1, -0.05) is 91.6 Å². The van der Waals surface area contributed by atoms with Gasteiger partial charge in [0.1, 0.15) is 0 Å². The van der Waals surface area contributed by atoms with E-state index in [1.165, 1.54) is 15.9 Å². The molecule has 3 aromatic rings. The molecule has 3 aromatic carbocycles. The molecule has 0 spiro atoms. The van der Waals surface area contributed by atoms with Crippen LogP contribution in [0, 0.1) is 0 Å². The van der Waals surface area contributed by atoms with Crippen LogP contribution in [0.25, 0.3) is 0 Å². The van der Waals surface area contributed by atoms with Gasteiger partial charge in [0, 0.05) is 0 Å². The minimum atomic E-state index is -1.36. The Bertz CT molecular complexity index is 687. The third kappa shape index (κ3) is 3.28. The Morgan fingerprint density at radius 1 is 0.591 bits per heavy atom. The first kappa shape index (κ1) is 15.4. The van der Waals surface area contributed by atoms with Crippen LogP contribution in [-0.4, -0.2) is 6.66 Å². The molecule has 1 atom stereocenters. The molecule has 0 aliphatic heterocycles. The van der Waals surface area contributed by atoms with Crippen LogP contribution in [0.15, 0.2) is 84.9 Å². The second-order valence-corrected chi connectivity index (χ2v) is 8.65. The molecule has 0 heterocycles. The molecular weight excluding hydrogens is 306 g/mol. The number of hydrogen-bond donors (Lipinski definition) is 0. The van der Waals surface area contributed by atoms with E-state index in [1.54, 1.807) is 6.66 Å². The minimum absolute atomic E-state index is 0.683. The van der Waals surface area contributed by atoms with E-state index in [0.29, 0.717) is 0 Å². The smallest absolute Gasteiger partial charge is 0.00868 e. The summed E-state index contributed by atoms with van der Waals surface area (Å²) < 4.78 is 0. The molecule has 1 unspecified atom stereocenters. The Morgan fingerprint density at radius 3 is 1.45 bits per heavy atom. The van der Waals surface area contributed by atoms with E-state index in [-0.39, 0.29) is 0 Å². The quantitative estimate of drug-likeness (QED) is 0.677. The Hall–Kier alpha value is -1.52. The second-order valence-electron chi connectivity index (χ2n) is 4.99. The first-order valence-electron chi connectivity index (χ1n) is 7.17. The number of hydrogen-bond acceptors (Lipinski definition) is 1. The monoisotopic (exact) mass is 323 g/mol. The van der Waals surface area contributed by atoms with E-state index < -0.39 is 16.1 Å². The summed E-state index contributed by atoms with van der Waals surface area (Å²) in [6.07, 6.45) is 0. The van der Waals surface area contributed by atoms with Crippen molar-refractivity contribution < 1.29 is 4.89 Å². The van der Waals surface area contributed by atoms with E-state index in [1.807, 2.05) is 30.3 Å². The first-order chi connectivity index (χ1) is 10.8. The van der Waals surface area contributed by atoms with Crippen LogP contribution in [0.2, 0.25) is 0 Å². The molecule has 0 aromatic heterocycles. The van der Waals surface area contributed by atoms with Gasteiger partial charge in [0.2, 0.25) is 0 Å².